The van der Waals surface area contributed by atoms with Crippen molar-refractivity contribution < 1.29 is 9.18 Å². The van der Waals surface area contributed by atoms with Crippen LogP contribution in [-0.2, 0) is 4.79 Å². The van der Waals surface area contributed by atoms with Gasteiger partial charge in [-0.25, -0.2) is 4.39 Å². The number of rotatable bonds is 6. The summed E-state index contributed by atoms with van der Waals surface area (Å²) in [7, 11) is 1.86. The molecule has 0 saturated carbocycles. The molecule has 0 bridgehead atoms. The van der Waals surface area contributed by atoms with E-state index in [1.54, 1.807) is 19.1 Å². The molecule has 0 spiro atoms. The van der Waals surface area contributed by atoms with Crippen molar-refractivity contribution in [1.29, 1.82) is 0 Å². The first-order valence-corrected chi connectivity index (χ1v) is 10.4. The van der Waals surface area contributed by atoms with Gasteiger partial charge in [-0.05, 0) is 55.7 Å². The van der Waals surface area contributed by atoms with Crippen molar-refractivity contribution >= 4 is 17.0 Å². The number of halogens is 1. The third-order valence-corrected chi connectivity index (χ3v) is 4.00. The van der Waals surface area contributed by atoms with Gasteiger partial charge >= 0.3 is 0 Å². The fraction of sp³-hybridized carbons (Fsp3) is 0.346. The van der Waals surface area contributed by atoms with Crippen LogP contribution >= 0.6 is 0 Å². The van der Waals surface area contributed by atoms with Gasteiger partial charge in [0.25, 0.3) is 0 Å². The standard InChI is InChI=1S/C22H24FNO.2C2H6/c1-5-6-21(18-9-7-16(2)8-10-18)22(17(3)25)15-24(4)20-13-11-19(23)12-14-20;2*1-2/h6-15H,5H2,1-4H3;2*1-2H3/b21-6+,22-15-;;. The number of carbonyl (C=O) groups excluding carboxylic acids is 1. The molecular formula is C26H36FNO. The van der Waals surface area contributed by atoms with Crippen molar-refractivity contribution in [2.45, 2.75) is 54.9 Å². The molecule has 3 heteroatoms. The van der Waals surface area contributed by atoms with Crippen molar-refractivity contribution in [2.24, 2.45) is 0 Å². The SMILES string of the molecule is CC.CC.CC/C=C(/C(=C\N(C)c1ccc(F)cc1)C(C)=O)c1ccc(C)cc1. The van der Waals surface area contributed by atoms with Crippen LogP contribution in [0.3, 0.4) is 0 Å². The molecule has 0 radical (unpaired) electrons. The van der Waals surface area contributed by atoms with E-state index < -0.39 is 0 Å². The second-order valence-corrected chi connectivity index (χ2v) is 6.08. The minimum Gasteiger partial charge on any atom is -0.350 e. The Morgan fingerprint density at radius 3 is 1.93 bits per heavy atom. The summed E-state index contributed by atoms with van der Waals surface area (Å²) in [5.41, 5.74) is 4.57. The number of aryl methyl sites for hydroxylation is 1. The van der Waals surface area contributed by atoms with Gasteiger partial charge in [-0.1, -0.05) is 70.5 Å². The van der Waals surface area contributed by atoms with Crippen molar-refractivity contribution in [3.05, 3.63) is 83.3 Å². The minimum absolute atomic E-state index is 0.00534. The van der Waals surface area contributed by atoms with E-state index in [0.29, 0.717) is 5.57 Å². The van der Waals surface area contributed by atoms with E-state index in [1.165, 1.54) is 17.7 Å². The van der Waals surface area contributed by atoms with Gasteiger partial charge in [0.05, 0.1) is 0 Å². The summed E-state index contributed by atoms with van der Waals surface area (Å²) in [6.07, 6.45) is 4.71. The van der Waals surface area contributed by atoms with E-state index in [2.05, 4.69) is 13.0 Å². The maximum absolute atomic E-state index is 13.1. The van der Waals surface area contributed by atoms with Gasteiger partial charge in [0.1, 0.15) is 5.82 Å². The molecule has 2 rings (SSSR count). The summed E-state index contributed by atoms with van der Waals surface area (Å²) in [6, 6.07) is 14.4. The number of allylic oxidation sites excluding steroid dienone is 3. The maximum atomic E-state index is 13.1. The number of hydrogen-bond acceptors (Lipinski definition) is 2. The first kappa shape index (κ1) is 26.3. The molecule has 0 aliphatic carbocycles. The van der Waals surface area contributed by atoms with Crippen LogP contribution in [0.25, 0.3) is 5.57 Å². The predicted molar refractivity (Wildman–Crippen MR) is 126 cm³/mol. The summed E-state index contributed by atoms with van der Waals surface area (Å²) in [5.74, 6) is -0.284. The van der Waals surface area contributed by atoms with Gasteiger partial charge in [0.2, 0.25) is 0 Å². The highest BCUT2D eigenvalue weighted by Gasteiger charge is 2.14. The molecule has 29 heavy (non-hydrogen) atoms. The Bertz CT molecular complexity index is 786. The second-order valence-electron chi connectivity index (χ2n) is 6.08. The van der Waals surface area contributed by atoms with Crippen molar-refractivity contribution in [2.75, 3.05) is 11.9 Å². The number of hydrogen-bond donors (Lipinski definition) is 0. The number of Topliss-reactive ketones (excluding diaryl/α,β-unsaturated/α-hetero) is 1. The molecule has 0 atom stereocenters. The molecule has 0 aromatic heterocycles. The van der Waals surface area contributed by atoms with Crippen LogP contribution in [0.5, 0.6) is 0 Å². The van der Waals surface area contributed by atoms with Crippen LogP contribution in [0.4, 0.5) is 10.1 Å². The molecule has 158 valence electrons. The van der Waals surface area contributed by atoms with Crippen LogP contribution in [0.15, 0.2) is 66.4 Å². The topological polar surface area (TPSA) is 20.3 Å². The van der Waals surface area contributed by atoms with Crippen LogP contribution < -0.4 is 4.90 Å². The van der Waals surface area contributed by atoms with Gasteiger partial charge in [-0.15, -0.1) is 0 Å². The van der Waals surface area contributed by atoms with Gasteiger partial charge < -0.3 is 4.90 Å². The number of anilines is 1. The average Bonchev–Trinajstić information content (AvgIpc) is 2.74. The number of nitrogens with zero attached hydrogens (tertiary/aromatic N) is 1. The van der Waals surface area contributed by atoms with E-state index in [9.17, 15) is 9.18 Å². The minimum atomic E-state index is -0.279. The first-order chi connectivity index (χ1) is 13.9. The van der Waals surface area contributed by atoms with Crippen molar-refractivity contribution in [1.82, 2.24) is 0 Å². The van der Waals surface area contributed by atoms with E-state index >= 15 is 0 Å². The quantitative estimate of drug-likeness (QED) is 0.370. The maximum Gasteiger partial charge on any atom is 0.161 e. The normalized spacial score (nSPS) is 10.9. The van der Waals surface area contributed by atoms with Crippen molar-refractivity contribution in [3.63, 3.8) is 0 Å². The van der Waals surface area contributed by atoms with Crippen LogP contribution in [-0.4, -0.2) is 12.8 Å². The van der Waals surface area contributed by atoms with Crippen molar-refractivity contribution in [3.8, 4) is 0 Å². The highest BCUT2D eigenvalue weighted by atomic mass is 19.1. The zero-order valence-electron chi connectivity index (χ0n) is 19.2. The molecule has 2 nitrogen and oxygen atoms in total. The predicted octanol–water partition coefficient (Wildman–Crippen LogP) is 7.59. The summed E-state index contributed by atoms with van der Waals surface area (Å²) < 4.78 is 13.1. The third kappa shape index (κ3) is 8.47. The fourth-order valence-electron chi connectivity index (χ4n) is 2.62. The van der Waals surface area contributed by atoms with E-state index in [1.807, 2.05) is 77.0 Å². The molecule has 0 amide bonds. The van der Waals surface area contributed by atoms with Crippen LogP contribution in [0.1, 0.15) is 59.1 Å². The highest BCUT2D eigenvalue weighted by Crippen LogP contribution is 2.26. The van der Waals surface area contributed by atoms with Gasteiger partial charge in [-0.2, -0.15) is 0 Å². The molecule has 2 aromatic carbocycles. The lowest BCUT2D eigenvalue weighted by Crippen LogP contribution is -2.13. The Kier molecular flexibility index (Phi) is 13.0. The van der Waals surface area contributed by atoms with E-state index in [-0.39, 0.29) is 11.6 Å². The highest BCUT2D eigenvalue weighted by molar-refractivity contribution is 6.09. The first-order valence-electron chi connectivity index (χ1n) is 10.4. The Morgan fingerprint density at radius 2 is 1.48 bits per heavy atom. The number of ketones is 1. The molecule has 0 heterocycles. The lowest BCUT2D eigenvalue weighted by Gasteiger charge is -2.18. The summed E-state index contributed by atoms with van der Waals surface area (Å²) in [5, 5.41) is 0. The van der Waals surface area contributed by atoms with E-state index in [4.69, 9.17) is 0 Å². The molecule has 0 N–H and O–H groups in total. The largest absolute Gasteiger partial charge is 0.350 e. The average molecular weight is 398 g/mol. The number of carbonyl (C=O) groups is 1. The lowest BCUT2D eigenvalue weighted by molar-refractivity contribution is -0.113. The van der Waals surface area contributed by atoms with E-state index in [0.717, 1.165) is 23.2 Å². The smallest absolute Gasteiger partial charge is 0.161 e. The molecule has 0 unspecified atom stereocenters. The Balaban J connectivity index is 0.00000184. The zero-order valence-corrected chi connectivity index (χ0v) is 19.2. The summed E-state index contributed by atoms with van der Waals surface area (Å²) in [6.45, 7) is 13.7. The second kappa shape index (κ2) is 14.3. The zero-order chi connectivity index (χ0) is 22.4. The Morgan fingerprint density at radius 1 is 0.966 bits per heavy atom. The molecule has 0 aliphatic heterocycles. The fourth-order valence-corrected chi connectivity index (χ4v) is 2.62. The van der Waals surface area contributed by atoms with Gasteiger partial charge in [0.15, 0.2) is 5.78 Å². The number of benzene rings is 2. The summed E-state index contributed by atoms with van der Waals surface area (Å²) >= 11 is 0. The molecule has 0 aliphatic rings. The van der Waals surface area contributed by atoms with Gasteiger partial charge in [0, 0.05) is 24.5 Å². The van der Waals surface area contributed by atoms with Crippen LogP contribution in [0, 0.1) is 12.7 Å². The van der Waals surface area contributed by atoms with Gasteiger partial charge in [-0.3, -0.25) is 4.79 Å². The molecule has 0 fully saturated rings. The summed E-state index contributed by atoms with van der Waals surface area (Å²) in [4.78, 5) is 14.2. The Labute approximate surface area is 176 Å². The molecular weight excluding hydrogens is 361 g/mol. The third-order valence-electron chi connectivity index (χ3n) is 4.00. The van der Waals surface area contributed by atoms with Crippen LogP contribution in [0.2, 0.25) is 0 Å². The molecule has 2 aromatic rings. The monoisotopic (exact) mass is 397 g/mol. The molecule has 0 saturated heterocycles. The Hall–Kier alpha value is -2.68. The lowest BCUT2D eigenvalue weighted by atomic mass is 9.94.